The van der Waals surface area contributed by atoms with Crippen LogP contribution in [0.2, 0.25) is 0 Å². The van der Waals surface area contributed by atoms with Gasteiger partial charge in [0.15, 0.2) is 0 Å². The SMILES string of the molecule is CN1N=C(C(=O)N2CCC[C@H]2Cn2ccnn2)CCC1=O. The second-order valence-electron chi connectivity index (χ2n) is 5.38. The van der Waals surface area contributed by atoms with Crippen molar-refractivity contribution in [3.8, 4) is 0 Å². The number of hydrazone groups is 1. The van der Waals surface area contributed by atoms with E-state index in [1.807, 2.05) is 4.90 Å². The Morgan fingerprint density at radius 2 is 2.29 bits per heavy atom. The fourth-order valence-corrected chi connectivity index (χ4v) is 2.83. The van der Waals surface area contributed by atoms with Crippen molar-refractivity contribution in [1.29, 1.82) is 0 Å². The number of rotatable bonds is 3. The van der Waals surface area contributed by atoms with Crippen LogP contribution in [0.5, 0.6) is 0 Å². The normalized spacial score (nSPS) is 22.6. The van der Waals surface area contributed by atoms with Crippen LogP contribution >= 0.6 is 0 Å². The van der Waals surface area contributed by atoms with Crippen molar-refractivity contribution in [3.63, 3.8) is 0 Å². The quantitative estimate of drug-likeness (QED) is 0.776. The first-order chi connectivity index (χ1) is 10.1. The van der Waals surface area contributed by atoms with E-state index < -0.39 is 0 Å². The lowest BCUT2D eigenvalue weighted by Crippen LogP contribution is -2.44. The van der Waals surface area contributed by atoms with Gasteiger partial charge in [-0.1, -0.05) is 5.21 Å². The average Bonchev–Trinajstić information content (AvgIpc) is 3.13. The van der Waals surface area contributed by atoms with Crippen LogP contribution in [0.4, 0.5) is 0 Å². The van der Waals surface area contributed by atoms with Crippen LogP contribution in [0.3, 0.4) is 0 Å². The number of carbonyl (C=O) groups excluding carboxylic acids is 2. The number of carbonyl (C=O) groups is 2. The minimum atomic E-state index is -0.0584. The van der Waals surface area contributed by atoms with Crippen molar-refractivity contribution in [1.82, 2.24) is 24.9 Å². The molecule has 0 unspecified atom stereocenters. The van der Waals surface area contributed by atoms with E-state index in [1.165, 1.54) is 5.01 Å². The smallest absolute Gasteiger partial charge is 0.270 e. The van der Waals surface area contributed by atoms with E-state index >= 15 is 0 Å². The topological polar surface area (TPSA) is 83.7 Å². The van der Waals surface area contributed by atoms with Crippen LogP contribution in [0.15, 0.2) is 17.5 Å². The molecule has 3 rings (SSSR count). The summed E-state index contributed by atoms with van der Waals surface area (Å²) in [5.41, 5.74) is 0.475. The first kappa shape index (κ1) is 13.7. The molecule has 2 aliphatic heterocycles. The monoisotopic (exact) mass is 290 g/mol. The Balaban J connectivity index is 1.71. The van der Waals surface area contributed by atoms with Gasteiger partial charge < -0.3 is 4.90 Å². The fourth-order valence-electron chi connectivity index (χ4n) is 2.83. The van der Waals surface area contributed by atoms with Crippen LogP contribution in [-0.2, 0) is 16.1 Å². The van der Waals surface area contributed by atoms with Crippen LogP contribution in [0.25, 0.3) is 0 Å². The molecule has 0 aliphatic carbocycles. The first-order valence-electron chi connectivity index (χ1n) is 7.14. The Morgan fingerprint density at radius 3 is 3.00 bits per heavy atom. The molecule has 1 saturated heterocycles. The Morgan fingerprint density at radius 1 is 1.43 bits per heavy atom. The first-order valence-corrected chi connectivity index (χ1v) is 7.14. The molecule has 8 nitrogen and oxygen atoms in total. The van der Waals surface area contributed by atoms with Crippen LogP contribution < -0.4 is 0 Å². The van der Waals surface area contributed by atoms with Gasteiger partial charge in [0.05, 0.1) is 18.8 Å². The summed E-state index contributed by atoms with van der Waals surface area (Å²) in [6.45, 7) is 1.38. The molecule has 0 saturated carbocycles. The largest absolute Gasteiger partial charge is 0.333 e. The highest BCUT2D eigenvalue weighted by molar-refractivity contribution is 6.39. The summed E-state index contributed by atoms with van der Waals surface area (Å²) in [5.74, 6) is -0.107. The number of amides is 2. The van der Waals surface area contributed by atoms with Crippen molar-refractivity contribution in [2.24, 2.45) is 5.10 Å². The van der Waals surface area contributed by atoms with Crippen LogP contribution in [-0.4, -0.2) is 62.1 Å². The zero-order valence-electron chi connectivity index (χ0n) is 12.0. The molecular weight excluding hydrogens is 272 g/mol. The highest BCUT2D eigenvalue weighted by Gasteiger charge is 2.33. The van der Waals surface area contributed by atoms with Gasteiger partial charge in [0.2, 0.25) is 5.91 Å². The van der Waals surface area contributed by atoms with Gasteiger partial charge in [0, 0.05) is 32.6 Å². The van der Waals surface area contributed by atoms with Gasteiger partial charge in [-0.25, -0.2) is 5.01 Å². The standard InChI is InChI=1S/C13H18N6O2/c1-17-12(20)5-4-11(15-17)13(21)19-7-2-3-10(19)9-18-8-6-14-16-18/h6,8,10H,2-5,7,9H2,1H3/t10-/m0/s1. The summed E-state index contributed by atoms with van der Waals surface area (Å²) in [7, 11) is 1.59. The summed E-state index contributed by atoms with van der Waals surface area (Å²) in [6.07, 6.45) is 6.14. The third kappa shape index (κ3) is 2.79. The molecule has 112 valence electrons. The predicted octanol–water partition coefficient (Wildman–Crippen LogP) is -0.123. The molecule has 0 spiro atoms. The minimum Gasteiger partial charge on any atom is -0.333 e. The van der Waals surface area contributed by atoms with E-state index in [0.29, 0.717) is 25.1 Å². The number of hydrogen-bond acceptors (Lipinski definition) is 5. The minimum absolute atomic E-state index is 0.0489. The number of nitrogens with zero attached hydrogens (tertiary/aromatic N) is 6. The molecule has 1 aromatic rings. The van der Waals surface area contributed by atoms with Crippen molar-refractivity contribution < 1.29 is 9.59 Å². The van der Waals surface area contributed by atoms with Crippen LogP contribution in [0, 0.1) is 0 Å². The Kier molecular flexibility index (Phi) is 3.68. The lowest BCUT2D eigenvalue weighted by atomic mass is 10.1. The molecule has 2 aliphatic rings. The summed E-state index contributed by atoms with van der Waals surface area (Å²) in [6, 6.07) is 0.116. The summed E-state index contributed by atoms with van der Waals surface area (Å²) < 4.78 is 1.74. The fraction of sp³-hybridized carbons (Fsp3) is 0.615. The van der Waals surface area contributed by atoms with E-state index in [1.54, 1.807) is 24.1 Å². The maximum Gasteiger partial charge on any atom is 0.270 e. The highest BCUT2D eigenvalue weighted by atomic mass is 16.2. The highest BCUT2D eigenvalue weighted by Crippen LogP contribution is 2.21. The van der Waals surface area contributed by atoms with Gasteiger partial charge in [0.25, 0.3) is 5.91 Å². The van der Waals surface area contributed by atoms with E-state index in [-0.39, 0.29) is 17.9 Å². The van der Waals surface area contributed by atoms with Gasteiger partial charge in [0.1, 0.15) is 5.71 Å². The molecule has 0 bridgehead atoms. The van der Waals surface area contributed by atoms with Crippen LogP contribution in [0.1, 0.15) is 25.7 Å². The summed E-state index contributed by atoms with van der Waals surface area (Å²) in [5, 5.41) is 13.1. The Labute approximate surface area is 122 Å². The van der Waals surface area contributed by atoms with Gasteiger partial charge in [-0.05, 0) is 12.8 Å². The van der Waals surface area contributed by atoms with E-state index in [4.69, 9.17) is 0 Å². The lowest BCUT2D eigenvalue weighted by molar-refractivity contribution is -0.130. The molecule has 2 amide bonds. The molecule has 21 heavy (non-hydrogen) atoms. The van der Waals surface area contributed by atoms with Gasteiger partial charge in [-0.3, -0.25) is 14.3 Å². The lowest BCUT2D eigenvalue weighted by Gasteiger charge is -2.27. The predicted molar refractivity (Wildman–Crippen MR) is 74.2 cm³/mol. The third-order valence-corrected chi connectivity index (χ3v) is 3.96. The van der Waals surface area contributed by atoms with Crippen molar-refractivity contribution in [3.05, 3.63) is 12.4 Å². The van der Waals surface area contributed by atoms with E-state index in [9.17, 15) is 9.59 Å². The zero-order valence-corrected chi connectivity index (χ0v) is 12.0. The molecule has 8 heteroatoms. The zero-order chi connectivity index (χ0) is 14.8. The summed E-state index contributed by atoms with van der Waals surface area (Å²) >= 11 is 0. The maximum atomic E-state index is 12.6. The van der Waals surface area contributed by atoms with E-state index in [0.717, 1.165) is 19.4 Å². The second-order valence-corrected chi connectivity index (χ2v) is 5.38. The molecule has 1 atom stereocenters. The second kappa shape index (κ2) is 5.63. The maximum absolute atomic E-state index is 12.6. The van der Waals surface area contributed by atoms with Crippen molar-refractivity contribution in [2.75, 3.05) is 13.6 Å². The van der Waals surface area contributed by atoms with Gasteiger partial charge in [-0.2, -0.15) is 5.10 Å². The van der Waals surface area contributed by atoms with Crippen molar-refractivity contribution >= 4 is 17.5 Å². The van der Waals surface area contributed by atoms with E-state index in [2.05, 4.69) is 15.4 Å². The van der Waals surface area contributed by atoms with Gasteiger partial charge in [-0.15, -0.1) is 5.10 Å². The Bertz CT molecular complexity index is 567. The third-order valence-electron chi connectivity index (χ3n) is 3.96. The molecular formula is C13H18N6O2. The molecule has 0 N–H and O–H groups in total. The van der Waals surface area contributed by atoms with Crippen molar-refractivity contribution in [2.45, 2.75) is 38.3 Å². The molecule has 3 heterocycles. The van der Waals surface area contributed by atoms with Gasteiger partial charge >= 0.3 is 0 Å². The number of hydrogen-bond donors (Lipinski definition) is 0. The molecule has 0 aromatic carbocycles. The molecule has 1 fully saturated rings. The Hall–Kier alpha value is -2.25. The molecule has 1 aromatic heterocycles. The molecule has 0 radical (unpaired) electrons. The summed E-state index contributed by atoms with van der Waals surface area (Å²) in [4.78, 5) is 25.9. The number of likely N-dealkylation sites (tertiary alicyclic amines) is 1. The number of aromatic nitrogens is 3. The average molecular weight is 290 g/mol.